The Labute approximate surface area is 212 Å². The highest BCUT2D eigenvalue weighted by Crippen LogP contribution is 2.33. The van der Waals surface area contributed by atoms with E-state index in [1.165, 1.54) is 12.3 Å². The molecule has 0 spiro atoms. The van der Waals surface area contributed by atoms with Crippen molar-refractivity contribution in [2.24, 2.45) is 0 Å². The first-order valence-corrected chi connectivity index (χ1v) is 11.6. The summed E-state index contributed by atoms with van der Waals surface area (Å²) in [5, 5.41) is 19.0. The van der Waals surface area contributed by atoms with Crippen LogP contribution in [-0.2, 0) is 14.2 Å². The zero-order valence-corrected chi connectivity index (χ0v) is 20.6. The number of pyridine rings is 2. The van der Waals surface area contributed by atoms with Crippen LogP contribution in [0.3, 0.4) is 0 Å². The van der Waals surface area contributed by atoms with Gasteiger partial charge in [0.25, 0.3) is 0 Å². The van der Waals surface area contributed by atoms with Crippen molar-refractivity contribution in [3.05, 3.63) is 62.0 Å². The van der Waals surface area contributed by atoms with Gasteiger partial charge in [0, 0.05) is 11.8 Å². The highest BCUT2D eigenvalue weighted by atomic mass is 35.5. The van der Waals surface area contributed by atoms with Gasteiger partial charge in [-0.05, 0) is 19.1 Å². The Morgan fingerprint density at radius 1 is 1.03 bits per heavy atom. The molecule has 0 amide bonds. The first kappa shape index (κ1) is 26.9. The van der Waals surface area contributed by atoms with Gasteiger partial charge in [0.15, 0.2) is 5.43 Å². The number of hydrogen-bond donors (Lipinski definition) is 1. The van der Waals surface area contributed by atoms with E-state index >= 15 is 0 Å². The summed E-state index contributed by atoms with van der Waals surface area (Å²) >= 11 is 12.9. The number of rotatable bonds is 13. The van der Waals surface area contributed by atoms with Crippen molar-refractivity contribution in [1.82, 2.24) is 9.55 Å². The molecule has 0 saturated heterocycles. The van der Waals surface area contributed by atoms with Crippen molar-refractivity contribution in [1.29, 1.82) is 5.26 Å². The van der Waals surface area contributed by atoms with Crippen LogP contribution in [0.4, 0.5) is 0 Å². The number of nitriles is 1. The third kappa shape index (κ3) is 6.70. The maximum atomic E-state index is 12.9. The van der Waals surface area contributed by atoms with Crippen molar-refractivity contribution in [2.45, 2.75) is 6.92 Å². The highest BCUT2D eigenvalue weighted by molar-refractivity contribution is 6.35. The number of hydrogen-bond acceptors (Lipinski definition) is 8. The second-order valence-electron chi connectivity index (χ2n) is 7.28. The average molecular weight is 522 g/mol. The highest BCUT2D eigenvalue weighted by Gasteiger charge is 2.20. The Morgan fingerprint density at radius 3 is 2.34 bits per heavy atom. The number of aryl methyl sites for hydroxylation is 1. The second-order valence-corrected chi connectivity index (χ2v) is 8.09. The van der Waals surface area contributed by atoms with Crippen molar-refractivity contribution in [3.63, 3.8) is 0 Å². The number of ether oxygens (including phenoxy) is 4. The molecular weight excluding hydrogens is 497 g/mol. The molecule has 3 rings (SSSR count). The maximum Gasteiger partial charge on any atom is 0.227 e. The van der Waals surface area contributed by atoms with E-state index in [1.807, 2.05) is 0 Å². The standard InChI is InChI=1S/C24H25Cl2N3O6/c1-16-13-20(31)21-23(29(16)22-17(14-27)3-2-4-18(22)25)19(26)15-28-24(21)35-12-11-34-10-9-33-8-7-32-6-5-30/h2-4,13,15,30H,5-12H2,1H3. The third-order valence-electron chi connectivity index (χ3n) is 4.91. The van der Waals surface area contributed by atoms with E-state index in [4.69, 9.17) is 47.3 Å². The van der Waals surface area contributed by atoms with Gasteiger partial charge in [-0.25, -0.2) is 4.98 Å². The number of para-hydroxylation sites is 1. The molecule has 2 aromatic heterocycles. The van der Waals surface area contributed by atoms with Gasteiger partial charge < -0.3 is 28.6 Å². The molecule has 3 aromatic rings. The Hall–Kier alpha value is -2.71. The van der Waals surface area contributed by atoms with Crippen LogP contribution < -0.4 is 10.2 Å². The van der Waals surface area contributed by atoms with Crippen LogP contribution in [0.2, 0.25) is 10.0 Å². The summed E-state index contributed by atoms with van der Waals surface area (Å²) in [5.41, 5.74) is 1.34. The van der Waals surface area contributed by atoms with Gasteiger partial charge in [-0.2, -0.15) is 5.26 Å². The fraction of sp³-hybridized carbons (Fsp3) is 0.375. The van der Waals surface area contributed by atoms with E-state index in [0.717, 1.165) is 0 Å². The Balaban J connectivity index is 1.75. The van der Waals surface area contributed by atoms with Crippen LogP contribution in [0.1, 0.15) is 11.3 Å². The zero-order chi connectivity index (χ0) is 25.2. The SMILES string of the molecule is Cc1cc(=O)c2c(OCCOCCOCCOCCO)ncc(Cl)c2n1-c1c(Cl)cccc1C#N. The van der Waals surface area contributed by atoms with Gasteiger partial charge >= 0.3 is 0 Å². The summed E-state index contributed by atoms with van der Waals surface area (Å²) in [5.74, 6) is 0.106. The predicted octanol–water partition coefficient (Wildman–Crippen LogP) is 3.29. The number of aliphatic hydroxyl groups excluding tert-OH is 1. The smallest absolute Gasteiger partial charge is 0.227 e. The number of fused-ring (bicyclic) bond motifs is 1. The molecule has 0 bridgehead atoms. The zero-order valence-electron chi connectivity index (χ0n) is 19.1. The molecule has 0 aliphatic rings. The minimum absolute atomic E-state index is 0.0186. The van der Waals surface area contributed by atoms with Crippen molar-refractivity contribution < 1.29 is 24.1 Å². The van der Waals surface area contributed by atoms with Crippen LogP contribution in [0.25, 0.3) is 16.6 Å². The summed E-state index contributed by atoms with van der Waals surface area (Å²) in [7, 11) is 0. The van der Waals surface area contributed by atoms with Crippen LogP contribution in [0.15, 0.2) is 35.3 Å². The van der Waals surface area contributed by atoms with Gasteiger partial charge in [0.2, 0.25) is 5.88 Å². The van der Waals surface area contributed by atoms with Crippen LogP contribution >= 0.6 is 23.2 Å². The first-order valence-electron chi connectivity index (χ1n) is 10.9. The maximum absolute atomic E-state index is 12.9. The van der Waals surface area contributed by atoms with Crippen molar-refractivity contribution in [3.8, 4) is 17.6 Å². The van der Waals surface area contributed by atoms with E-state index in [0.29, 0.717) is 53.9 Å². The average Bonchev–Trinajstić information content (AvgIpc) is 2.84. The molecule has 186 valence electrons. The van der Waals surface area contributed by atoms with Gasteiger partial charge in [0.05, 0.1) is 79.3 Å². The molecule has 0 unspecified atom stereocenters. The monoisotopic (exact) mass is 521 g/mol. The molecule has 9 nitrogen and oxygen atoms in total. The largest absolute Gasteiger partial charge is 0.475 e. The molecule has 1 N–H and O–H groups in total. The van der Waals surface area contributed by atoms with E-state index < -0.39 is 0 Å². The molecule has 0 aliphatic heterocycles. The number of aliphatic hydroxyl groups is 1. The lowest BCUT2D eigenvalue weighted by atomic mass is 10.1. The van der Waals surface area contributed by atoms with E-state index in [1.54, 1.807) is 29.7 Å². The Bertz CT molecular complexity index is 1260. The van der Waals surface area contributed by atoms with Gasteiger partial charge in [0.1, 0.15) is 18.1 Å². The van der Waals surface area contributed by atoms with Crippen molar-refractivity contribution in [2.75, 3.05) is 52.9 Å². The Kier molecular flexibility index (Phi) is 10.3. The summed E-state index contributed by atoms with van der Waals surface area (Å²) < 4.78 is 23.4. The summed E-state index contributed by atoms with van der Waals surface area (Å²) in [6.45, 7) is 3.94. The summed E-state index contributed by atoms with van der Waals surface area (Å²) in [6, 6.07) is 8.54. The molecule has 0 radical (unpaired) electrons. The predicted molar refractivity (Wildman–Crippen MR) is 132 cm³/mol. The summed E-state index contributed by atoms with van der Waals surface area (Å²) in [4.78, 5) is 17.1. The quantitative estimate of drug-likeness (QED) is 0.340. The number of nitrogens with zero attached hydrogens (tertiary/aromatic N) is 3. The lowest BCUT2D eigenvalue weighted by Gasteiger charge is -2.19. The molecule has 2 heterocycles. The van der Waals surface area contributed by atoms with Crippen LogP contribution in [-0.4, -0.2) is 67.5 Å². The van der Waals surface area contributed by atoms with E-state index in [9.17, 15) is 10.1 Å². The number of aromatic nitrogens is 2. The third-order valence-corrected chi connectivity index (χ3v) is 5.49. The number of benzene rings is 1. The topological polar surface area (TPSA) is 116 Å². The van der Waals surface area contributed by atoms with Gasteiger partial charge in [-0.3, -0.25) is 4.79 Å². The molecule has 11 heteroatoms. The lowest BCUT2D eigenvalue weighted by molar-refractivity contribution is 0.00349. The molecule has 0 atom stereocenters. The fourth-order valence-electron chi connectivity index (χ4n) is 3.44. The van der Waals surface area contributed by atoms with Crippen LogP contribution in [0, 0.1) is 18.3 Å². The lowest BCUT2D eigenvalue weighted by Crippen LogP contribution is -2.16. The minimum Gasteiger partial charge on any atom is -0.475 e. The van der Waals surface area contributed by atoms with Crippen molar-refractivity contribution >= 4 is 34.1 Å². The molecular formula is C24H25Cl2N3O6. The first-order chi connectivity index (χ1) is 17.0. The van der Waals surface area contributed by atoms with Crippen LogP contribution in [0.5, 0.6) is 5.88 Å². The van der Waals surface area contributed by atoms with E-state index in [-0.39, 0.29) is 48.1 Å². The van der Waals surface area contributed by atoms with Gasteiger partial charge in [-0.15, -0.1) is 0 Å². The van der Waals surface area contributed by atoms with E-state index in [2.05, 4.69) is 11.1 Å². The fourth-order valence-corrected chi connectivity index (χ4v) is 3.93. The van der Waals surface area contributed by atoms with Gasteiger partial charge in [-0.1, -0.05) is 29.3 Å². The normalized spacial score (nSPS) is 11.1. The Morgan fingerprint density at radius 2 is 1.69 bits per heavy atom. The molecule has 0 aliphatic carbocycles. The second kappa shape index (κ2) is 13.4. The summed E-state index contributed by atoms with van der Waals surface area (Å²) in [6.07, 6.45) is 1.39. The molecule has 0 saturated carbocycles. The molecule has 0 fully saturated rings. The number of halogens is 2. The molecule has 35 heavy (non-hydrogen) atoms. The minimum atomic E-state index is -0.318. The molecule has 1 aromatic carbocycles.